The van der Waals surface area contributed by atoms with Crippen LogP contribution in [0.1, 0.15) is 24.9 Å². The molecule has 1 unspecified atom stereocenters. The molecule has 2 amide bonds. The molecule has 0 saturated carbocycles. The van der Waals surface area contributed by atoms with Crippen molar-refractivity contribution in [2.45, 2.75) is 25.9 Å². The number of nitrogens with zero attached hydrogens (tertiary/aromatic N) is 2. The predicted octanol–water partition coefficient (Wildman–Crippen LogP) is 2.14. The van der Waals surface area contributed by atoms with Crippen LogP contribution in [0.15, 0.2) is 70.7 Å². The Labute approximate surface area is 201 Å². The van der Waals surface area contributed by atoms with E-state index in [1.54, 1.807) is 38.2 Å². The molecule has 10 heteroatoms. The molecule has 0 bridgehead atoms. The van der Waals surface area contributed by atoms with Gasteiger partial charge in [-0.2, -0.15) is 0 Å². The minimum Gasteiger partial charge on any atom is -0.463 e. The van der Waals surface area contributed by atoms with Crippen LogP contribution in [-0.2, 0) is 32.7 Å². The minimum atomic E-state index is -0.757. The summed E-state index contributed by atoms with van der Waals surface area (Å²) in [5, 5.41) is 5.29. The van der Waals surface area contributed by atoms with Crippen LogP contribution in [0.2, 0.25) is 0 Å². The van der Waals surface area contributed by atoms with Gasteiger partial charge >= 0.3 is 23.7 Å². The number of para-hydroxylation sites is 2. The van der Waals surface area contributed by atoms with Crippen LogP contribution in [0.3, 0.4) is 0 Å². The van der Waals surface area contributed by atoms with Gasteiger partial charge < -0.3 is 20.1 Å². The van der Waals surface area contributed by atoms with E-state index in [1.165, 1.54) is 9.13 Å². The maximum atomic E-state index is 12.8. The highest BCUT2D eigenvalue weighted by molar-refractivity contribution is 5.95. The van der Waals surface area contributed by atoms with E-state index in [4.69, 9.17) is 9.47 Å². The number of hydrogen-bond donors (Lipinski definition) is 2. The van der Waals surface area contributed by atoms with Gasteiger partial charge in [-0.05, 0) is 24.6 Å². The number of aromatic nitrogens is 2. The zero-order valence-corrected chi connectivity index (χ0v) is 19.4. The maximum Gasteiger partial charge on any atom is 0.338 e. The lowest BCUT2D eigenvalue weighted by Crippen LogP contribution is -2.47. The molecule has 1 atom stereocenters. The van der Waals surface area contributed by atoms with Gasteiger partial charge in [0, 0.05) is 13.6 Å². The van der Waals surface area contributed by atoms with Crippen molar-refractivity contribution in [3.63, 3.8) is 0 Å². The largest absolute Gasteiger partial charge is 0.463 e. The Bertz CT molecular complexity index is 1360. The molecule has 2 N–H and O–H groups in total. The van der Waals surface area contributed by atoms with Crippen LogP contribution in [0.4, 0.5) is 4.79 Å². The van der Waals surface area contributed by atoms with Gasteiger partial charge in [0.1, 0.15) is 6.61 Å². The van der Waals surface area contributed by atoms with Crippen molar-refractivity contribution in [3.05, 3.63) is 81.9 Å². The van der Waals surface area contributed by atoms with Crippen LogP contribution in [0.5, 0.6) is 0 Å². The van der Waals surface area contributed by atoms with E-state index in [-0.39, 0.29) is 43.1 Å². The SMILES string of the molecule is CCOC(=O)C1=C(COC(=O)CCn2c(=O)n(C)c3ccccc32)NC(=O)NC1c1ccccc1. The van der Waals surface area contributed by atoms with E-state index in [9.17, 15) is 19.2 Å². The summed E-state index contributed by atoms with van der Waals surface area (Å²) in [4.78, 5) is 50.2. The quantitative estimate of drug-likeness (QED) is 0.479. The van der Waals surface area contributed by atoms with Crippen molar-refractivity contribution in [3.8, 4) is 0 Å². The fourth-order valence-corrected chi connectivity index (χ4v) is 4.08. The van der Waals surface area contributed by atoms with E-state index in [1.807, 2.05) is 30.3 Å². The van der Waals surface area contributed by atoms with Crippen molar-refractivity contribution < 1.29 is 23.9 Å². The lowest BCUT2D eigenvalue weighted by Gasteiger charge is -2.29. The Morgan fingerprint density at radius 3 is 2.37 bits per heavy atom. The predicted molar refractivity (Wildman–Crippen MR) is 127 cm³/mol. The van der Waals surface area contributed by atoms with Crippen molar-refractivity contribution in [2.24, 2.45) is 7.05 Å². The van der Waals surface area contributed by atoms with Crippen LogP contribution in [0.25, 0.3) is 11.0 Å². The number of imidazole rings is 1. The van der Waals surface area contributed by atoms with E-state index in [0.717, 1.165) is 11.0 Å². The second-order valence-electron chi connectivity index (χ2n) is 7.95. The summed E-state index contributed by atoms with van der Waals surface area (Å²) < 4.78 is 13.6. The molecule has 0 radical (unpaired) electrons. The van der Waals surface area contributed by atoms with Crippen molar-refractivity contribution in [1.29, 1.82) is 0 Å². The highest BCUT2D eigenvalue weighted by Crippen LogP contribution is 2.27. The Kier molecular flexibility index (Phi) is 7.00. The second kappa shape index (κ2) is 10.3. The first-order valence-electron chi connectivity index (χ1n) is 11.2. The Hall–Kier alpha value is -4.34. The topological polar surface area (TPSA) is 121 Å². The van der Waals surface area contributed by atoms with Crippen LogP contribution in [0, 0.1) is 0 Å². The van der Waals surface area contributed by atoms with Crippen molar-refractivity contribution in [1.82, 2.24) is 19.8 Å². The molecule has 1 aromatic heterocycles. The fourth-order valence-electron chi connectivity index (χ4n) is 4.08. The number of nitrogens with one attached hydrogen (secondary N) is 2. The normalized spacial score (nSPS) is 15.5. The van der Waals surface area contributed by atoms with Gasteiger partial charge in [0.15, 0.2) is 0 Å². The van der Waals surface area contributed by atoms with Crippen LogP contribution < -0.4 is 16.3 Å². The average Bonchev–Trinajstić information content (AvgIpc) is 3.11. The molecule has 35 heavy (non-hydrogen) atoms. The highest BCUT2D eigenvalue weighted by atomic mass is 16.5. The summed E-state index contributed by atoms with van der Waals surface area (Å²) in [7, 11) is 1.67. The lowest BCUT2D eigenvalue weighted by molar-refractivity contribution is -0.144. The number of rotatable bonds is 8. The molecule has 4 rings (SSSR count). The first kappa shape index (κ1) is 23.8. The first-order chi connectivity index (χ1) is 16.9. The smallest absolute Gasteiger partial charge is 0.338 e. The Balaban J connectivity index is 1.52. The summed E-state index contributed by atoms with van der Waals surface area (Å²) in [6.45, 7) is 1.63. The minimum absolute atomic E-state index is 0.0652. The Morgan fingerprint density at radius 1 is 0.971 bits per heavy atom. The zero-order chi connectivity index (χ0) is 24.9. The molecular formula is C25H26N4O6. The van der Waals surface area contributed by atoms with E-state index in [2.05, 4.69) is 10.6 Å². The molecule has 2 aromatic carbocycles. The number of urea groups is 1. The number of fused-ring (bicyclic) bond motifs is 1. The number of amides is 2. The third-order valence-electron chi connectivity index (χ3n) is 5.75. The number of hydrogen-bond acceptors (Lipinski definition) is 6. The van der Waals surface area contributed by atoms with Crippen LogP contribution in [-0.4, -0.2) is 40.3 Å². The number of esters is 2. The summed E-state index contributed by atoms with van der Waals surface area (Å²) >= 11 is 0. The number of carbonyl (C=O) groups excluding carboxylic acids is 3. The summed E-state index contributed by atoms with van der Waals surface area (Å²) in [5.74, 6) is -1.20. The summed E-state index contributed by atoms with van der Waals surface area (Å²) in [6, 6.07) is 15.0. The fraction of sp³-hybridized carbons (Fsp3) is 0.280. The summed E-state index contributed by atoms with van der Waals surface area (Å²) in [6.07, 6.45) is -0.0652. The molecule has 0 fully saturated rings. The molecule has 0 aliphatic carbocycles. The van der Waals surface area contributed by atoms with Crippen LogP contribution >= 0.6 is 0 Å². The molecule has 10 nitrogen and oxygen atoms in total. The van der Waals surface area contributed by atoms with Gasteiger partial charge in [-0.3, -0.25) is 13.9 Å². The van der Waals surface area contributed by atoms with Gasteiger partial charge in [0.05, 0.1) is 41.4 Å². The van der Waals surface area contributed by atoms with E-state index < -0.39 is 24.0 Å². The van der Waals surface area contributed by atoms with E-state index >= 15 is 0 Å². The zero-order valence-electron chi connectivity index (χ0n) is 19.4. The Morgan fingerprint density at radius 2 is 1.66 bits per heavy atom. The van der Waals surface area contributed by atoms with Crippen molar-refractivity contribution >= 4 is 29.0 Å². The summed E-state index contributed by atoms with van der Waals surface area (Å²) in [5.41, 5.74) is 2.25. The van der Waals surface area contributed by atoms with Gasteiger partial charge in [-0.15, -0.1) is 0 Å². The molecule has 0 spiro atoms. The molecule has 0 saturated heterocycles. The standard InChI is InChI=1S/C25H26N4O6/c1-3-34-23(31)21-17(26-24(32)27-22(21)16-9-5-4-6-10-16)15-35-20(30)13-14-29-19-12-8-7-11-18(19)28(2)25(29)33/h4-12,22H,3,13-15H2,1-2H3,(H2,26,27,32). The number of aryl methyl sites for hydroxylation is 2. The lowest BCUT2D eigenvalue weighted by atomic mass is 9.95. The maximum absolute atomic E-state index is 12.8. The van der Waals surface area contributed by atoms with Gasteiger partial charge in [-0.25, -0.2) is 14.4 Å². The molecule has 3 aromatic rings. The average molecular weight is 479 g/mol. The number of carbonyl (C=O) groups is 3. The number of benzene rings is 2. The molecular weight excluding hydrogens is 452 g/mol. The van der Waals surface area contributed by atoms with Gasteiger partial charge in [0.25, 0.3) is 0 Å². The van der Waals surface area contributed by atoms with E-state index in [0.29, 0.717) is 5.56 Å². The monoisotopic (exact) mass is 478 g/mol. The molecule has 182 valence electrons. The molecule has 1 aliphatic rings. The molecule has 2 heterocycles. The van der Waals surface area contributed by atoms with Gasteiger partial charge in [-0.1, -0.05) is 42.5 Å². The van der Waals surface area contributed by atoms with Gasteiger partial charge in [0.2, 0.25) is 0 Å². The molecule has 1 aliphatic heterocycles. The highest BCUT2D eigenvalue weighted by Gasteiger charge is 2.34. The third-order valence-corrected chi connectivity index (χ3v) is 5.75. The second-order valence-corrected chi connectivity index (χ2v) is 7.95. The third kappa shape index (κ3) is 4.96. The first-order valence-corrected chi connectivity index (χ1v) is 11.2. The number of ether oxygens (including phenoxy) is 2. The van der Waals surface area contributed by atoms with Crippen molar-refractivity contribution in [2.75, 3.05) is 13.2 Å².